The lowest BCUT2D eigenvalue weighted by molar-refractivity contribution is 0.102. The summed E-state index contributed by atoms with van der Waals surface area (Å²) in [6, 6.07) is 2.91. The molecule has 0 saturated carbocycles. The van der Waals surface area contributed by atoms with E-state index < -0.39 is 12.3 Å². The lowest BCUT2D eigenvalue weighted by atomic mass is 10.2. The largest absolute Gasteiger partial charge is 0.306 e. The lowest BCUT2D eigenvalue weighted by Gasteiger charge is -2.07. The zero-order valence-electron chi connectivity index (χ0n) is 13.9. The molecule has 0 aliphatic heterocycles. The summed E-state index contributed by atoms with van der Waals surface area (Å²) in [4.78, 5) is 25.1. The van der Waals surface area contributed by atoms with Gasteiger partial charge in [-0.15, -0.1) is 0 Å². The maximum absolute atomic E-state index is 13.2. The molecule has 1 amide bonds. The highest BCUT2D eigenvalue weighted by molar-refractivity contribution is 6.07. The van der Waals surface area contributed by atoms with Crippen molar-refractivity contribution in [2.24, 2.45) is 0 Å². The predicted molar refractivity (Wildman–Crippen MR) is 86.8 cm³/mol. The third kappa shape index (κ3) is 3.30. The van der Waals surface area contributed by atoms with Crippen LogP contribution in [0.5, 0.6) is 0 Å². The first-order valence-electron chi connectivity index (χ1n) is 7.68. The quantitative estimate of drug-likeness (QED) is 0.785. The van der Waals surface area contributed by atoms with Crippen molar-refractivity contribution in [2.75, 3.05) is 5.32 Å². The second-order valence-electron chi connectivity index (χ2n) is 5.52. The summed E-state index contributed by atoms with van der Waals surface area (Å²) < 4.78 is 27.3. The lowest BCUT2D eigenvalue weighted by Crippen LogP contribution is -2.15. The number of fused-ring (bicyclic) bond motifs is 1. The summed E-state index contributed by atoms with van der Waals surface area (Å²) in [6.07, 6.45) is -0.809. The van der Waals surface area contributed by atoms with Gasteiger partial charge in [-0.1, -0.05) is 6.92 Å². The predicted octanol–water partition coefficient (Wildman–Crippen LogP) is 2.89. The van der Waals surface area contributed by atoms with Crippen LogP contribution in [0.4, 0.5) is 14.6 Å². The molecule has 3 heterocycles. The van der Waals surface area contributed by atoms with Crippen molar-refractivity contribution in [3.05, 3.63) is 46.8 Å². The minimum atomic E-state index is -2.73. The summed E-state index contributed by atoms with van der Waals surface area (Å²) in [7, 11) is 0. The molecule has 0 aliphatic rings. The van der Waals surface area contributed by atoms with Crippen LogP contribution in [-0.2, 0) is 6.42 Å². The third-order valence-electron chi connectivity index (χ3n) is 3.59. The summed E-state index contributed by atoms with van der Waals surface area (Å²) in [5, 5.41) is 6.52. The molecule has 0 aliphatic carbocycles. The molecule has 130 valence electrons. The number of halogens is 2. The fourth-order valence-electron chi connectivity index (χ4n) is 2.49. The van der Waals surface area contributed by atoms with Crippen LogP contribution < -0.4 is 5.32 Å². The zero-order chi connectivity index (χ0) is 18.1. The van der Waals surface area contributed by atoms with Gasteiger partial charge in [0, 0.05) is 17.5 Å². The molecule has 0 atom stereocenters. The van der Waals surface area contributed by atoms with E-state index in [0.717, 1.165) is 10.2 Å². The van der Waals surface area contributed by atoms with Crippen LogP contribution in [-0.4, -0.2) is 30.5 Å². The second kappa shape index (κ2) is 6.50. The number of nitrogens with zero attached hydrogens (tertiary/aromatic N) is 5. The average molecular weight is 346 g/mol. The van der Waals surface area contributed by atoms with Crippen LogP contribution in [0.2, 0.25) is 0 Å². The average Bonchev–Trinajstić information content (AvgIpc) is 2.96. The first-order chi connectivity index (χ1) is 11.9. The second-order valence-corrected chi connectivity index (χ2v) is 5.52. The van der Waals surface area contributed by atoms with Crippen molar-refractivity contribution in [1.82, 2.24) is 24.6 Å². The van der Waals surface area contributed by atoms with E-state index in [0.29, 0.717) is 23.8 Å². The van der Waals surface area contributed by atoms with Crippen LogP contribution in [0.25, 0.3) is 5.65 Å². The van der Waals surface area contributed by atoms with Crippen molar-refractivity contribution < 1.29 is 13.6 Å². The number of hydrogen-bond acceptors (Lipinski definition) is 5. The minimum absolute atomic E-state index is 0.0780. The van der Waals surface area contributed by atoms with Gasteiger partial charge in [0.05, 0.1) is 6.20 Å². The number of alkyl halides is 2. The number of hydrogen-bond donors (Lipinski definition) is 1. The van der Waals surface area contributed by atoms with E-state index >= 15 is 0 Å². The molecule has 0 spiro atoms. The van der Waals surface area contributed by atoms with Crippen LogP contribution in [0, 0.1) is 13.8 Å². The first-order valence-corrected chi connectivity index (χ1v) is 7.68. The van der Waals surface area contributed by atoms with E-state index in [-0.39, 0.29) is 16.9 Å². The highest BCUT2D eigenvalue weighted by atomic mass is 19.3. The van der Waals surface area contributed by atoms with Gasteiger partial charge in [0.25, 0.3) is 12.3 Å². The van der Waals surface area contributed by atoms with E-state index in [1.54, 1.807) is 19.9 Å². The standard InChI is InChI=1S/C16H16F2N6O/c1-4-10-6-13(22-9(3)21-10)23-16(25)11-7-19-24-12(14(17)18)5-8(2)20-15(11)24/h5-7,14H,4H2,1-3H3,(H,21,22,23,25). The molecule has 3 rings (SSSR count). The van der Waals surface area contributed by atoms with Crippen LogP contribution >= 0.6 is 0 Å². The number of amides is 1. The van der Waals surface area contributed by atoms with Gasteiger partial charge in [-0.25, -0.2) is 28.2 Å². The molecule has 3 aromatic rings. The van der Waals surface area contributed by atoms with Gasteiger partial charge < -0.3 is 5.32 Å². The van der Waals surface area contributed by atoms with Gasteiger partial charge in [0.15, 0.2) is 5.65 Å². The number of nitrogens with one attached hydrogen (secondary N) is 1. The van der Waals surface area contributed by atoms with Crippen LogP contribution in [0.1, 0.15) is 46.6 Å². The Morgan fingerprint density at radius 2 is 2.00 bits per heavy atom. The van der Waals surface area contributed by atoms with Gasteiger partial charge in [0.1, 0.15) is 22.9 Å². The van der Waals surface area contributed by atoms with Gasteiger partial charge in [0.2, 0.25) is 0 Å². The highest BCUT2D eigenvalue weighted by Crippen LogP contribution is 2.22. The topological polar surface area (TPSA) is 85.1 Å². The smallest absolute Gasteiger partial charge is 0.280 e. The Labute approximate surface area is 142 Å². The molecule has 0 fully saturated rings. The molecule has 9 heteroatoms. The minimum Gasteiger partial charge on any atom is -0.306 e. The summed E-state index contributed by atoms with van der Waals surface area (Å²) in [5.41, 5.74) is 1.03. The Balaban J connectivity index is 1.99. The zero-order valence-corrected chi connectivity index (χ0v) is 13.9. The molecule has 3 aromatic heterocycles. The molecule has 25 heavy (non-hydrogen) atoms. The highest BCUT2D eigenvalue weighted by Gasteiger charge is 2.20. The summed E-state index contributed by atoms with van der Waals surface area (Å²) >= 11 is 0. The number of rotatable bonds is 4. The van der Waals surface area contributed by atoms with Crippen molar-refractivity contribution >= 4 is 17.4 Å². The fraction of sp³-hybridized carbons (Fsp3) is 0.312. The number of aromatic nitrogens is 5. The monoisotopic (exact) mass is 346 g/mol. The van der Waals surface area contributed by atoms with E-state index in [1.807, 2.05) is 6.92 Å². The molecular formula is C16H16F2N6O. The Kier molecular flexibility index (Phi) is 4.39. The van der Waals surface area contributed by atoms with Gasteiger partial charge in [-0.3, -0.25) is 4.79 Å². The molecular weight excluding hydrogens is 330 g/mol. The SMILES string of the molecule is CCc1cc(NC(=O)c2cnn3c(C(F)F)cc(C)nc23)nc(C)n1. The maximum Gasteiger partial charge on any atom is 0.280 e. The van der Waals surface area contributed by atoms with Crippen molar-refractivity contribution in [3.63, 3.8) is 0 Å². The third-order valence-corrected chi connectivity index (χ3v) is 3.59. The Hall–Kier alpha value is -2.97. The molecule has 1 N–H and O–H groups in total. The first kappa shape index (κ1) is 16.9. The van der Waals surface area contributed by atoms with Crippen molar-refractivity contribution in [2.45, 2.75) is 33.6 Å². The number of anilines is 1. The fourth-order valence-corrected chi connectivity index (χ4v) is 2.49. The van der Waals surface area contributed by atoms with Crippen molar-refractivity contribution in [3.8, 4) is 0 Å². The number of carbonyl (C=O) groups is 1. The van der Waals surface area contributed by atoms with E-state index in [2.05, 4.69) is 25.4 Å². The van der Waals surface area contributed by atoms with Gasteiger partial charge in [-0.05, 0) is 26.3 Å². The summed E-state index contributed by atoms with van der Waals surface area (Å²) in [5.74, 6) is 0.354. The maximum atomic E-state index is 13.2. The number of aryl methyl sites for hydroxylation is 3. The van der Waals surface area contributed by atoms with Crippen molar-refractivity contribution in [1.29, 1.82) is 0 Å². The van der Waals surface area contributed by atoms with Crippen LogP contribution in [0.3, 0.4) is 0 Å². The Morgan fingerprint density at radius 1 is 1.24 bits per heavy atom. The molecule has 0 bridgehead atoms. The van der Waals surface area contributed by atoms with E-state index in [1.165, 1.54) is 12.3 Å². The molecule has 7 nitrogen and oxygen atoms in total. The van der Waals surface area contributed by atoms with Gasteiger partial charge in [-0.2, -0.15) is 5.10 Å². The molecule has 0 saturated heterocycles. The normalized spacial score (nSPS) is 11.3. The molecule has 0 aromatic carbocycles. The van der Waals surface area contributed by atoms with Gasteiger partial charge >= 0.3 is 0 Å². The molecule has 0 radical (unpaired) electrons. The Bertz CT molecular complexity index is 953. The molecule has 0 unspecified atom stereocenters. The summed E-state index contributed by atoms with van der Waals surface area (Å²) in [6.45, 7) is 5.25. The number of carbonyl (C=O) groups excluding carboxylic acids is 1. The van der Waals surface area contributed by atoms with Crippen LogP contribution in [0.15, 0.2) is 18.3 Å². The van der Waals surface area contributed by atoms with E-state index in [9.17, 15) is 13.6 Å². The Morgan fingerprint density at radius 3 is 2.68 bits per heavy atom. The van der Waals surface area contributed by atoms with E-state index in [4.69, 9.17) is 0 Å².